The second kappa shape index (κ2) is 8.42. The molecule has 2 heterocycles. The second-order valence-corrected chi connectivity index (χ2v) is 7.48. The van der Waals surface area contributed by atoms with Gasteiger partial charge in [0.05, 0.1) is 16.4 Å². The van der Waals surface area contributed by atoms with Crippen LogP contribution >= 0.6 is 11.8 Å². The van der Waals surface area contributed by atoms with Gasteiger partial charge < -0.3 is 0 Å². The average molecular weight is 419 g/mol. The molecule has 0 saturated heterocycles. The molecular weight excluding hydrogens is 402 g/mol. The largest absolute Gasteiger partial charge is 0.293 e. The topological polar surface area (TPSA) is 103 Å². The van der Waals surface area contributed by atoms with Gasteiger partial charge in [0, 0.05) is 23.3 Å². The predicted molar refractivity (Wildman–Crippen MR) is 114 cm³/mol. The van der Waals surface area contributed by atoms with Crippen molar-refractivity contribution < 1.29 is 9.72 Å². The number of rotatable bonds is 7. The molecule has 0 aliphatic heterocycles. The van der Waals surface area contributed by atoms with Crippen molar-refractivity contribution in [2.75, 3.05) is 5.75 Å². The van der Waals surface area contributed by atoms with Crippen molar-refractivity contribution in [3.8, 4) is 11.3 Å². The van der Waals surface area contributed by atoms with E-state index in [1.54, 1.807) is 4.52 Å². The van der Waals surface area contributed by atoms with E-state index >= 15 is 0 Å². The number of fused-ring (bicyclic) bond motifs is 1. The van der Waals surface area contributed by atoms with Crippen LogP contribution in [-0.2, 0) is 6.42 Å². The Kier molecular flexibility index (Phi) is 5.53. The third-order valence-corrected chi connectivity index (χ3v) is 5.54. The fourth-order valence-corrected chi connectivity index (χ4v) is 3.69. The number of nitro groups is 1. The van der Waals surface area contributed by atoms with E-state index in [4.69, 9.17) is 0 Å². The minimum absolute atomic E-state index is 0.0497. The Hall–Kier alpha value is -3.59. The van der Waals surface area contributed by atoms with Crippen molar-refractivity contribution in [1.82, 2.24) is 19.8 Å². The number of benzene rings is 2. The number of nitro benzene ring substituents is 1. The standard InChI is InChI=1S/C21H17N5O3S/c1-2-14-3-5-15(6-4-14)18-11-12-20-22-23-21(25(20)24-18)30-13-19(27)16-7-9-17(10-8-16)26(28)29/h3-12H,2,13H2,1H3. The molecule has 0 N–H and O–H groups in total. The molecule has 0 radical (unpaired) electrons. The zero-order chi connectivity index (χ0) is 21.1. The van der Waals surface area contributed by atoms with E-state index in [-0.39, 0.29) is 17.2 Å². The summed E-state index contributed by atoms with van der Waals surface area (Å²) in [4.78, 5) is 22.7. The van der Waals surface area contributed by atoms with E-state index in [1.807, 2.05) is 24.3 Å². The molecule has 0 saturated carbocycles. The van der Waals surface area contributed by atoms with Crippen molar-refractivity contribution in [3.63, 3.8) is 0 Å². The number of ketones is 1. The van der Waals surface area contributed by atoms with Gasteiger partial charge in [-0.25, -0.2) is 0 Å². The van der Waals surface area contributed by atoms with Crippen LogP contribution in [0.4, 0.5) is 5.69 Å². The Morgan fingerprint density at radius 2 is 1.77 bits per heavy atom. The van der Waals surface area contributed by atoms with Gasteiger partial charge >= 0.3 is 0 Å². The molecular formula is C21H17N5O3S. The highest BCUT2D eigenvalue weighted by Gasteiger charge is 2.14. The van der Waals surface area contributed by atoms with E-state index in [9.17, 15) is 14.9 Å². The van der Waals surface area contributed by atoms with E-state index in [0.717, 1.165) is 17.7 Å². The highest BCUT2D eigenvalue weighted by Crippen LogP contribution is 2.22. The first-order chi connectivity index (χ1) is 14.5. The highest BCUT2D eigenvalue weighted by atomic mass is 32.2. The number of aromatic nitrogens is 4. The van der Waals surface area contributed by atoms with Gasteiger partial charge in [0.1, 0.15) is 0 Å². The molecule has 4 rings (SSSR count). The summed E-state index contributed by atoms with van der Waals surface area (Å²) in [5.41, 5.74) is 3.98. The van der Waals surface area contributed by atoms with Crippen LogP contribution in [0.15, 0.2) is 65.8 Å². The highest BCUT2D eigenvalue weighted by molar-refractivity contribution is 7.99. The molecule has 0 unspecified atom stereocenters. The van der Waals surface area contributed by atoms with Crippen molar-refractivity contribution in [1.29, 1.82) is 0 Å². The summed E-state index contributed by atoms with van der Waals surface area (Å²) in [6.45, 7) is 2.11. The van der Waals surface area contributed by atoms with Crippen molar-refractivity contribution in [3.05, 3.63) is 81.9 Å². The average Bonchev–Trinajstić information content (AvgIpc) is 3.19. The molecule has 0 bridgehead atoms. The Balaban J connectivity index is 1.52. The smallest absolute Gasteiger partial charge is 0.269 e. The lowest BCUT2D eigenvalue weighted by Gasteiger charge is -2.04. The number of non-ortho nitro benzene ring substituents is 1. The van der Waals surface area contributed by atoms with Crippen LogP contribution in [0, 0.1) is 10.1 Å². The van der Waals surface area contributed by atoms with Crippen molar-refractivity contribution in [2.45, 2.75) is 18.5 Å². The van der Waals surface area contributed by atoms with E-state index < -0.39 is 4.92 Å². The Morgan fingerprint density at radius 1 is 1.03 bits per heavy atom. The number of nitrogens with zero attached hydrogens (tertiary/aromatic N) is 5. The van der Waals surface area contributed by atoms with Crippen molar-refractivity contribution >= 4 is 28.9 Å². The van der Waals surface area contributed by atoms with Crippen molar-refractivity contribution in [2.24, 2.45) is 0 Å². The Morgan fingerprint density at radius 3 is 2.43 bits per heavy atom. The van der Waals surface area contributed by atoms with Crippen LogP contribution in [-0.4, -0.2) is 36.3 Å². The maximum atomic E-state index is 12.4. The first-order valence-electron chi connectivity index (χ1n) is 9.27. The lowest BCUT2D eigenvalue weighted by atomic mass is 10.1. The lowest BCUT2D eigenvalue weighted by Crippen LogP contribution is -2.04. The van der Waals surface area contributed by atoms with Crippen LogP contribution in [0.3, 0.4) is 0 Å². The van der Waals surface area contributed by atoms with Gasteiger partial charge in [-0.05, 0) is 36.2 Å². The predicted octanol–water partition coefficient (Wildman–Crippen LogP) is 4.24. The summed E-state index contributed by atoms with van der Waals surface area (Å²) in [5.74, 6) is -0.0339. The summed E-state index contributed by atoms with van der Waals surface area (Å²) in [5, 5.41) is 24.1. The molecule has 0 spiro atoms. The first kappa shape index (κ1) is 19.7. The molecule has 30 heavy (non-hydrogen) atoms. The summed E-state index contributed by atoms with van der Waals surface area (Å²) in [6, 6.07) is 17.5. The molecule has 0 aliphatic rings. The van der Waals surface area contributed by atoms with Gasteiger partial charge in [-0.1, -0.05) is 43.0 Å². The van der Waals surface area contributed by atoms with Crippen LogP contribution in [0.1, 0.15) is 22.8 Å². The monoisotopic (exact) mass is 419 g/mol. The summed E-state index contributed by atoms with van der Waals surface area (Å²) >= 11 is 1.22. The number of hydrogen-bond donors (Lipinski definition) is 0. The number of carbonyl (C=O) groups excluding carboxylic acids is 1. The van der Waals surface area contributed by atoms with Crippen LogP contribution in [0.2, 0.25) is 0 Å². The summed E-state index contributed by atoms with van der Waals surface area (Å²) < 4.78 is 1.62. The SMILES string of the molecule is CCc1ccc(-c2ccc3nnc(SCC(=O)c4ccc([N+](=O)[O-])cc4)n3n2)cc1. The van der Waals surface area contributed by atoms with E-state index in [1.165, 1.54) is 41.6 Å². The van der Waals surface area contributed by atoms with Crippen LogP contribution < -0.4 is 0 Å². The Bertz CT molecular complexity index is 1220. The number of thioether (sulfide) groups is 1. The number of Topliss-reactive ketones (excluding diaryl/α,β-unsaturated/α-hetero) is 1. The third-order valence-electron chi connectivity index (χ3n) is 4.62. The number of carbonyl (C=O) groups is 1. The van der Waals surface area contributed by atoms with Gasteiger partial charge in [0.25, 0.3) is 5.69 Å². The molecule has 0 amide bonds. The van der Waals surface area contributed by atoms with Gasteiger partial charge in [-0.15, -0.1) is 10.2 Å². The molecule has 9 heteroatoms. The molecule has 150 valence electrons. The number of hydrogen-bond acceptors (Lipinski definition) is 7. The fraction of sp³-hybridized carbons (Fsp3) is 0.143. The minimum atomic E-state index is -0.496. The molecule has 0 fully saturated rings. The molecule has 0 aliphatic carbocycles. The third kappa shape index (κ3) is 4.06. The number of aryl methyl sites for hydroxylation is 1. The molecule has 0 atom stereocenters. The minimum Gasteiger partial charge on any atom is -0.293 e. The maximum absolute atomic E-state index is 12.4. The lowest BCUT2D eigenvalue weighted by molar-refractivity contribution is -0.384. The normalized spacial score (nSPS) is 11.0. The van der Waals surface area contributed by atoms with Crippen LogP contribution in [0.5, 0.6) is 0 Å². The molecule has 2 aromatic carbocycles. The molecule has 8 nitrogen and oxygen atoms in total. The zero-order valence-electron chi connectivity index (χ0n) is 16.1. The van der Waals surface area contributed by atoms with Gasteiger partial charge in [-0.2, -0.15) is 9.61 Å². The zero-order valence-corrected chi connectivity index (χ0v) is 16.9. The van der Waals surface area contributed by atoms with Gasteiger partial charge in [0.2, 0.25) is 5.16 Å². The summed E-state index contributed by atoms with van der Waals surface area (Å²) in [6.07, 6.45) is 0.974. The summed E-state index contributed by atoms with van der Waals surface area (Å²) in [7, 11) is 0. The first-order valence-corrected chi connectivity index (χ1v) is 10.3. The van der Waals surface area contributed by atoms with Crippen LogP contribution in [0.25, 0.3) is 16.9 Å². The molecule has 2 aromatic heterocycles. The quantitative estimate of drug-likeness (QED) is 0.191. The van der Waals surface area contributed by atoms with Gasteiger partial charge in [-0.3, -0.25) is 14.9 Å². The molecule has 4 aromatic rings. The second-order valence-electron chi connectivity index (χ2n) is 6.54. The maximum Gasteiger partial charge on any atom is 0.269 e. The van der Waals surface area contributed by atoms with E-state index in [0.29, 0.717) is 16.4 Å². The fourth-order valence-electron chi connectivity index (χ4n) is 2.91. The van der Waals surface area contributed by atoms with Gasteiger partial charge in [0.15, 0.2) is 11.4 Å². The van der Waals surface area contributed by atoms with E-state index in [2.05, 4.69) is 34.4 Å². The Labute approximate surface area is 176 Å².